The van der Waals surface area contributed by atoms with Gasteiger partial charge in [-0.2, -0.15) is 13.1 Å². The molecule has 0 aromatic heterocycles. The number of aliphatic hydroxyl groups is 1. The van der Waals surface area contributed by atoms with Gasteiger partial charge < -0.3 is 9.84 Å². The van der Waals surface area contributed by atoms with Crippen molar-refractivity contribution >= 4 is 16.3 Å². The average molecular weight is 358 g/mol. The lowest BCUT2D eigenvalue weighted by atomic mass is 10.1. The summed E-state index contributed by atoms with van der Waals surface area (Å²) in [6.07, 6.45) is 4.85. The summed E-state index contributed by atoms with van der Waals surface area (Å²) in [7, 11) is -3.89. The smallest absolute Gasteiger partial charge is 0.421 e. The first kappa shape index (κ1) is 19.0. The Kier molecular flexibility index (Phi) is 7.34. The van der Waals surface area contributed by atoms with Gasteiger partial charge in [-0.05, 0) is 49.9 Å². The van der Waals surface area contributed by atoms with E-state index in [1.807, 2.05) is 4.72 Å². The molecule has 1 fully saturated rings. The number of nitrogens with one attached hydrogen (secondary N) is 2. The van der Waals surface area contributed by atoms with Crippen LogP contribution in [0.25, 0.3) is 0 Å². The Labute approximate surface area is 143 Å². The van der Waals surface area contributed by atoms with Crippen molar-refractivity contribution in [3.8, 4) is 11.8 Å². The van der Waals surface area contributed by atoms with Crippen LogP contribution in [0.1, 0.15) is 44.9 Å². The van der Waals surface area contributed by atoms with Gasteiger partial charge in [0.05, 0.1) is 6.61 Å². The molecule has 2 aliphatic carbocycles. The summed E-state index contributed by atoms with van der Waals surface area (Å²) in [5, 5.41) is 8.64. The lowest BCUT2D eigenvalue weighted by molar-refractivity contribution is 0.143. The van der Waals surface area contributed by atoms with Gasteiger partial charge in [0, 0.05) is 26.0 Å². The zero-order valence-electron chi connectivity index (χ0n) is 13.8. The summed E-state index contributed by atoms with van der Waals surface area (Å²) < 4.78 is 32.6. The Morgan fingerprint density at radius 1 is 1.12 bits per heavy atom. The first-order chi connectivity index (χ1) is 11.5. The highest BCUT2D eigenvalue weighted by molar-refractivity contribution is 7.88. The Balaban J connectivity index is 1.62. The molecule has 0 aromatic rings. The predicted molar refractivity (Wildman–Crippen MR) is 89.1 cm³/mol. The number of aliphatic hydroxyl groups excluding tert-OH is 1. The standard InChI is InChI=1S/C16H26N2O5S/c19-11-7-3-6-10-17-24(21,22)18-16(20)23-12-15-13-8-4-1-2-5-9-14(13)15/h13-15,17,19H,3-12H2,(H,18,20)/t13-,14+,15?. The van der Waals surface area contributed by atoms with Crippen molar-refractivity contribution in [2.75, 3.05) is 19.8 Å². The zero-order valence-corrected chi connectivity index (χ0v) is 14.6. The molecule has 1 amide bonds. The largest absolute Gasteiger partial charge is 0.449 e. The van der Waals surface area contributed by atoms with E-state index in [1.165, 1.54) is 0 Å². The van der Waals surface area contributed by atoms with Crippen LogP contribution in [0.3, 0.4) is 0 Å². The number of ether oxygens (including phenoxy) is 1. The zero-order chi connectivity index (χ0) is 17.4. The predicted octanol–water partition coefficient (Wildman–Crippen LogP) is 1.15. The topological polar surface area (TPSA) is 105 Å². The molecule has 0 bridgehead atoms. The lowest BCUT2D eigenvalue weighted by Crippen LogP contribution is -2.41. The number of carbonyl (C=O) groups is 1. The molecule has 0 heterocycles. The lowest BCUT2D eigenvalue weighted by Gasteiger charge is -2.09. The molecule has 8 heteroatoms. The van der Waals surface area contributed by atoms with E-state index >= 15 is 0 Å². The van der Waals surface area contributed by atoms with Crippen LogP contribution in [0, 0.1) is 29.6 Å². The molecule has 136 valence electrons. The van der Waals surface area contributed by atoms with Crippen molar-refractivity contribution < 1.29 is 23.1 Å². The Bertz CT molecular complexity index is 563. The monoisotopic (exact) mass is 358 g/mol. The molecule has 2 rings (SSSR count). The number of carbonyl (C=O) groups excluding carboxylic acids is 1. The second-order valence-electron chi connectivity index (χ2n) is 6.31. The third-order valence-electron chi connectivity index (χ3n) is 4.59. The summed E-state index contributed by atoms with van der Waals surface area (Å²) in [6, 6.07) is 0. The first-order valence-corrected chi connectivity index (χ1v) is 10.0. The van der Waals surface area contributed by atoms with E-state index in [0.29, 0.717) is 30.6 Å². The second kappa shape index (κ2) is 9.25. The van der Waals surface area contributed by atoms with Gasteiger partial charge in [-0.15, -0.1) is 11.8 Å². The summed E-state index contributed by atoms with van der Waals surface area (Å²) >= 11 is 0. The highest BCUT2D eigenvalue weighted by atomic mass is 32.2. The highest BCUT2D eigenvalue weighted by Gasteiger charge is 2.49. The van der Waals surface area contributed by atoms with Gasteiger partial charge in [-0.3, -0.25) is 0 Å². The minimum atomic E-state index is -3.89. The number of hydrogen-bond donors (Lipinski definition) is 3. The normalized spacial score (nSPS) is 25.5. The van der Waals surface area contributed by atoms with Gasteiger partial charge in [0.1, 0.15) is 0 Å². The van der Waals surface area contributed by atoms with Crippen molar-refractivity contribution in [2.45, 2.75) is 44.9 Å². The molecule has 0 aliphatic heterocycles. The van der Waals surface area contributed by atoms with Gasteiger partial charge in [0.2, 0.25) is 0 Å². The van der Waals surface area contributed by atoms with E-state index in [0.717, 1.165) is 32.1 Å². The molecule has 1 saturated carbocycles. The highest BCUT2D eigenvalue weighted by Crippen LogP contribution is 2.52. The third-order valence-corrected chi connectivity index (χ3v) is 5.61. The van der Waals surface area contributed by atoms with E-state index in [1.54, 1.807) is 0 Å². The van der Waals surface area contributed by atoms with Crippen molar-refractivity contribution in [3.05, 3.63) is 0 Å². The molecule has 2 aliphatic rings. The van der Waals surface area contributed by atoms with Crippen LogP contribution in [-0.4, -0.2) is 39.4 Å². The minimum Gasteiger partial charge on any atom is -0.449 e. The fourth-order valence-corrected chi connectivity index (χ4v) is 4.01. The summed E-state index contributed by atoms with van der Waals surface area (Å²) in [5.74, 6) is 7.67. The maximum Gasteiger partial charge on any atom is 0.421 e. The molecule has 1 unspecified atom stereocenters. The van der Waals surface area contributed by atoms with Crippen LogP contribution in [0.2, 0.25) is 0 Å². The minimum absolute atomic E-state index is 0.0899. The Morgan fingerprint density at radius 2 is 1.79 bits per heavy atom. The van der Waals surface area contributed by atoms with Crippen molar-refractivity contribution in [2.24, 2.45) is 17.8 Å². The first-order valence-electron chi connectivity index (χ1n) is 8.54. The maximum absolute atomic E-state index is 11.7. The van der Waals surface area contributed by atoms with E-state index in [-0.39, 0.29) is 19.8 Å². The second-order valence-corrected chi connectivity index (χ2v) is 7.80. The molecular formula is C16H26N2O5S. The quantitative estimate of drug-likeness (QED) is 0.424. The van der Waals surface area contributed by atoms with E-state index in [2.05, 4.69) is 16.6 Å². The molecule has 24 heavy (non-hydrogen) atoms. The third kappa shape index (κ3) is 6.30. The number of rotatable bonds is 9. The van der Waals surface area contributed by atoms with Gasteiger partial charge in [-0.25, -0.2) is 9.52 Å². The molecule has 7 nitrogen and oxygen atoms in total. The Morgan fingerprint density at radius 3 is 2.42 bits per heavy atom. The van der Waals surface area contributed by atoms with Gasteiger partial charge >= 0.3 is 16.3 Å². The van der Waals surface area contributed by atoms with Crippen LogP contribution < -0.4 is 9.44 Å². The van der Waals surface area contributed by atoms with Crippen LogP contribution in [0.5, 0.6) is 0 Å². The average Bonchev–Trinajstić information content (AvgIpc) is 3.14. The molecule has 0 aromatic carbocycles. The summed E-state index contributed by atoms with van der Waals surface area (Å²) in [5.41, 5.74) is 0. The molecule has 0 saturated heterocycles. The number of fused-ring (bicyclic) bond motifs is 1. The van der Waals surface area contributed by atoms with E-state index in [4.69, 9.17) is 9.84 Å². The summed E-state index contributed by atoms with van der Waals surface area (Å²) in [6.45, 7) is 0.565. The van der Waals surface area contributed by atoms with E-state index < -0.39 is 16.3 Å². The summed E-state index contributed by atoms with van der Waals surface area (Å²) in [4.78, 5) is 11.7. The van der Waals surface area contributed by atoms with Crippen LogP contribution in [-0.2, 0) is 14.9 Å². The Hall–Kier alpha value is -1.30. The molecule has 3 N–H and O–H groups in total. The van der Waals surface area contributed by atoms with Crippen molar-refractivity contribution in [1.29, 1.82) is 0 Å². The van der Waals surface area contributed by atoms with Gasteiger partial charge in [-0.1, -0.05) is 0 Å². The number of amides is 1. The van der Waals surface area contributed by atoms with Crippen molar-refractivity contribution in [1.82, 2.24) is 9.44 Å². The van der Waals surface area contributed by atoms with Gasteiger partial charge in [0.15, 0.2) is 0 Å². The van der Waals surface area contributed by atoms with Crippen LogP contribution >= 0.6 is 0 Å². The molecule has 0 radical (unpaired) electrons. The fraction of sp³-hybridized carbons (Fsp3) is 0.812. The maximum atomic E-state index is 11.7. The molecular weight excluding hydrogens is 332 g/mol. The fourth-order valence-electron chi connectivity index (χ4n) is 3.25. The van der Waals surface area contributed by atoms with E-state index in [9.17, 15) is 13.2 Å². The number of unbranched alkanes of at least 4 members (excludes halogenated alkanes) is 2. The molecule has 0 spiro atoms. The number of hydrogen-bond acceptors (Lipinski definition) is 5. The van der Waals surface area contributed by atoms with Crippen molar-refractivity contribution in [3.63, 3.8) is 0 Å². The van der Waals surface area contributed by atoms with Crippen LogP contribution in [0.4, 0.5) is 4.79 Å². The van der Waals surface area contributed by atoms with Crippen LogP contribution in [0.15, 0.2) is 0 Å². The SMILES string of the molecule is O=C(NS(=O)(=O)NCCCCCO)OCC1[C@H]2CCC#CCC[C@@H]12. The molecule has 3 atom stereocenters. The van der Waals surface area contributed by atoms with Gasteiger partial charge in [0.25, 0.3) is 0 Å².